The molecule has 0 spiro atoms. The standard InChI is InChI=1S/C15H23N3O2/c1-17(2)14-6-5-12(8-13(14)16)15(20)18-7-3-4-11(9-18)10-19/h5-6,8,11,19H,3-4,7,9-10,16H2,1-2H3. The van der Waals surface area contributed by atoms with Crippen LogP contribution in [0.25, 0.3) is 0 Å². The van der Waals surface area contributed by atoms with Crippen LogP contribution in [0.15, 0.2) is 18.2 Å². The number of nitrogen functional groups attached to an aromatic ring is 1. The van der Waals surface area contributed by atoms with Crippen LogP contribution in [0.3, 0.4) is 0 Å². The van der Waals surface area contributed by atoms with Crippen molar-refractivity contribution in [2.45, 2.75) is 12.8 Å². The molecule has 1 aromatic rings. The lowest BCUT2D eigenvalue weighted by Gasteiger charge is -2.32. The predicted octanol–water partition coefficient (Wildman–Crippen LogP) is 1.18. The fourth-order valence-electron chi connectivity index (χ4n) is 2.68. The van der Waals surface area contributed by atoms with Gasteiger partial charge in [0, 0.05) is 39.4 Å². The molecule has 5 nitrogen and oxygen atoms in total. The van der Waals surface area contributed by atoms with Crippen LogP contribution >= 0.6 is 0 Å². The molecule has 0 aromatic heterocycles. The average Bonchev–Trinajstić information content (AvgIpc) is 2.46. The summed E-state index contributed by atoms with van der Waals surface area (Å²) in [6.45, 7) is 1.53. The summed E-state index contributed by atoms with van der Waals surface area (Å²) < 4.78 is 0. The van der Waals surface area contributed by atoms with Crippen LogP contribution in [0.1, 0.15) is 23.2 Å². The van der Waals surface area contributed by atoms with Crippen molar-refractivity contribution in [1.29, 1.82) is 0 Å². The average molecular weight is 277 g/mol. The van der Waals surface area contributed by atoms with Crippen LogP contribution in [0.4, 0.5) is 11.4 Å². The Labute approximate surface area is 120 Å². The number of likely N-dealkylation sites (tertiary alicyclic amines) is 1. The summed E-state index contributed by atoms with van der Waals surface area (Å²) in [5, 5.41) is 9.24. The third-order valence-corrected chi connectivity index (χ3v) is 3.82. The molecule has 0 saturated carbocycles. The lowest BCUT2D eigenvalue weighted by molar-refractivity contribution is 0.0621. The summed E-state index contributed by atoms with van der Waals surface area (Å²) in [5.41, 5.74) is 8.13. The molecule has 1 fully saturated rings. The fourth-order valence-corrected chi connectivity index (χ4v) is 2.68. The largest absolute Gasteiger partial charge is 0.397 e. The summed E-state index contributed by atoms with van der Waals surface area (Å²) >= 11 is 0. The molecule has 1 saturated heterocycles. The molecule has 5 heteroatoms. The summed E-state index contributed by atoms with van der Waals surface area (Å²) in [5.74, 6) is 0.200. The number of carbonyl (C=O) groups excluding carboxylic acids is 1. The zero-order valence-corrected chi connectivity index (χ0v) is 12.2. The molecule has 110 valence electrons. The van der Waals surface area contributed by atoms with Gasteiger partial charge in [-0.05, 0) is 37.0 Å². The van der Waals surface area contributed by atoms with Crippen molar-refractivity contribution < 1.29 is 9.90 Å². The highest BCUT2D eigenvalue weighted by atomic mass is 16.3. The van der Waals surface area contributed by atoms with E-state index in [1.165, 1.54) is 0 Å². The van der Waals surface area contributed by atoms with Gasteiger partial charge in [-0.2, -0.15) is 0 Å². The number of rotatable bonds is 3. The molecule has 0 radical (unpaired) electrons. The van der Waals surface area contributed by atoms with Gasteiger partial charge in [-0.3, -0.25) is 4.79 Å². The monoisotopic (exact) mass is 277 g/mol. The lowest BCUT2D eigenvalue weighted by atomic mass is 9.98. The first-order valence-corrected chi connectivity index (χ1v) is 7.00. The maximum absolute atomic E-state index is 12.5. The third kappa shape index (κ3) is 3.04. The van der Waals surface area contributed by atoms with E-state index in [9.17, 15) is 9.90 Å². The first-order valence-electron chi connectivity index (χ1n) is 7.00. The fraction of sp³-hybridized carbons (Fsp3) is 0.533. The van der Waals surface area contributed by atoms with E-state index in [0.29, 0.717) is 17.8 Å². The van der Waals surface area contributed by atoms with Gasteiger partial charge in [-0.25, -0.2) is 0 Å². The SMILES string of the molecule is CN(C)c1ccc(C(=O)N2CCCC(CO)C2)cc1N. The smallest absolute Gasteiger partial charge is 0.253 e. The maximum Gasteiger partial charge on any atom is 0.253 e. The molecule has 1 atom stereocenters. The van der Waals surface area contributed by atoms with Gasteiger partial charge in [0.15, 0.2) is 0 Å². The number of amides is 1. The van der Waals surface area contributed by atoms with Crippen LogP contribution in [-0.4, -0.2) is 49.7 Å². The normalized spacial score (nSPS) is 18.9. The van der Waals surface area contributed by atoms with Gasteiger partial charge in [-0.15, -0.1) is 0 Å². The second kappa shape index (κ2) is 6.13. The molecule has 20 heavy (non-hydrogen) atoms. The molecule has 1 aliphatic heterocycles. The minimum Gasteiger partial charge on any atom is -0.397 e. The highest BCUT2D eigenvalue weighted by Crippen LogP contribution is 2.24. The Balaban J connectivity index is 2.15. The highest BCUT2D eigenvalue weighted by molar-refractivity contribution is 5.96. The summed E-state index contributed by atoms with van der Waals surface area (Å²) in [7, 11) is 3.84. The van der Waals surface area contributed by atoms with Crippen LogP contribution in [0.2, 0.25) is 0 Å². The van der Waals surface area contributed by atoms with Gasteiger partial charge in [0.05, 0.1) is 11.4 Å². The summed E-state index contributed by atoms with van der Waals surface area (Å²) in [6, 6.07) is 5.42. The van der Waals surface area contributed by atoms with Gasteiger partial charge in [-0.1, -0.05) is 0 Å². The van der Waals surface area contributed by atoms with E-state index in [2.05, 4.69) is 0 Å². The van der Waals surface area contributed by atoms with Crippen molar-refractivity contribution in [2.75, 3.05) is 44.4 Å². The topological polar surface area (TPSA) is 69.8 Å². The molecule has 2 rings (SSSR count). The number of piperidine rings is 1. The first kappa shape index (κ1) is 14.7. The number of nitrogens with zero attached hydrogens (tertiary/aromatic N) is 2. The van der Waals surface area contributed by atoms with Crippen LogP contribution in [-0.2, 0) is 0 Å². The molecular formula is C15H23N3O2. The number of hydrogen-bond donors (Lipinski definition) is 2. The van der Waals surface area contributed by atoms with E-state index in [-0.39, 0.29) is 18.4 Å². The number of carbonyl (C=O) groups is 1. The Morgan fingerprint density at radius 2 is 2.25 bits per heavy atom. The Morgan fingerprint density at radius 3 is 2.85 bits per heavy atom. The minimum absolute atomic E-state index is 0.000145. The van der Waals surface area contributed by atoms with Gasteiger partial charge >= 0.3 is 0 Å². The maximum atomic E-state index is 12.5. The van der Waals surface area contributed by atoms with Crippen LogP contribution in [0, 0.1) is 5.92 Å². The Hall–Kier alpha value is -1.75. The second-order valence-electron chi connectivity index (χ2n) is 5.61. The van der Waals surface area contributed by atoms with Crippen molar-refractivity contribution in [1.82, 2.24) is 4.90 Å². The number of benzene rings is 1. The van der Waals surface area contributed by atoms with Crippen molar-refractivity contribution >= 4 is 17.3 Å². The van der Waals surface area contributed by atoms with Crippen molar-refractivity contribution in [3.63, 3.8) is 0 Å². The predicted molar refractivity (Wildman–Crippen MR) is 80.9 cm³/mol. The van der Waals surface area contributed by atoms with Crippen LogP contribution < -0.4 is 10.6 Å². The van der Waals surface area contributed by atoms with Gasteiger partial charge in [0.25, 0.3) is 5.91 Å². The molecule has 1 amide bonds. The van der Waals surface area contributed by atoms with E-state index >= 15 is 0 Å². The quantitative estimate of drug-likeness (QED) is 0.814. The molecule has 1 aliphatic rings. The Kier molecular flexibility index (Phi) is 4.49. The van der Waals surface area contributed by atoms with Crippen molar-refractivity contribution in [3.8, 4) is 0 Å². The Bertz CT molecular complexity index is 488. The van der Waals surface area contributed by atoms with Crippen molar-refractivity contribution in [3.05, 3.63) is 23.8 Å². The number of aliphatic hydroxyl groups excluding tert-OH is 1. The minimum atomic E-state index is 0.000145. The third-order valence-electron chi connectivity index (χ3n) is 3.82. The van der Waals surface area contributed by atoms with Gasteiger partial charge in [0.2, 0.25) is 0 Å². The molecule has 0 bridgehead atoms. The van der Waals surface area contributed by atoms with E-state index in [1.807, 2.05) is 36.0 Å². The molecule has 1 unspecified atom stereocenters. The van der Waals surface area contributed by atoms with Gasteiger partial charge in [0.1, 0.15) is 0 Å². The first-order chi connectivity index (χ1) is 9.52. The van der Waals surface area contributed by atoms with Gasteiger partial charge < -0.3 is 20.6 Å². The van der Waals surface area contributed by atoms with E-state index in [0.717, 1.165) is 25.1 Å². The highest BCUT2D eigenvalue weighted by Gasteiger charge is 2.24. The van der Waals surface area contributed by atoms with Crippen LogP contribution in [0.5, 0.6) is 0 Å². The van der Waals surface area contributed by atoms with E-state index < -0.39 is 0 Å². The van der Waals surface area contributed by atoms with E-state index in [1.54, 1.807) is 6.07 Å². The molecule has 1 heterocycles. The molecule has 0 aliphatic carbocycles. The molecule has 1 aromatic carbocycles. The number of aliphatic hydroxyl groups is 1. The second-order valence-corrected chi connectivity index (χ2v) is 5.61. The molecule has 3 N–H and O–H groups in total. The number of hydrogen-bond acceptors (Lipinski definition) is 4. The molecular weight excluding hydrogens is 254 g/mol. The van der Waals surface area contributed by atoms with Crippen molar-refractivity contribution in [2.24, 2.45) is 5.92 Å². The Morgan fingerprint density at radius 1 is 1.50 bits per heavy atom. The summed E-state index contributed by atoms with van der Waals surface area (Å²) in [4.78, 5) is 16.2. The lowest BCUT2D eigenvalue weighted by Crippen LogP contribution is -2.41. The zero-order chi connectivity index (χ0) is 14.7. The number of nitrogens with two attached hydrogens (primary N) is 1. The summed E-state index contributed by atoms with van der Waals surface area (Å²) in [6.07, 6.45) is 1.93. The zero-order valence-electron chi connectivity index (χ0n) is 12.2. The van der Waals surface area contributed by atoms with E-state index in [4.69, 9.17) is 5.73 Å². The number of anilines is 2.